The number of rotatable bonds is 7. The molecular weight excluding hydrogens is 418 g/mol. The standard InChI is InChI=1S/C27H33NO3S/c1-2-31-27(30)23-10-8-19(9-11-23)17-28-26(29)25-16-24(18-32-25)22-14-12-21(13-15-22)20-6-4-3-5-7-20/h3-7,14,16,18-19,21,23H,2,8-13,15,17H2,1H3,(H,28,29). The van der Waals surface area contributed by atoms with Gasteiger partial charge in [-0.15, -0.1) is 11.3 Å². The van der Waals surface area contributed by atoms with Gasteiger partial charge < -0.3 is 10.1 Å². The minimum atomic E-state index is -0.0618. The van der Waals surface area contributed by atoms with Crippen molar-refractivity contribution in [1.29, 1.82) is 0 Å². The first-order valence-corrected chi connectivity index (χ1v) is 12.8. The molecule has 4 rings (SSSR count). The van der Waals surface area contributed by atoms with Crippen LogP contribution >= 0.6 is 11.3 Å². The van der Waals surface area contributed by atoms with E-state index in [-0.39, 0.29) is 17.8 Å². The molecule has 1 N–H and O–H groups in total. The summed E-state index contributed by atoms with van der Waals surface area (Å²) in [6.07, 6.45) is 9.28. The van der Waals surface area contributed by atoms with E-state index in [1.165, 1.54) is 28.0 Å². The van der Waals surface area contributed by atoms with Crippen LogP contribution in [0.25, 0.3) is 5.57 Å². The Morgan fingerprint density at radius 1 is 1.09 bits per heavy atom. The average Bonchev–Trinajstić information content (AvgIpc) is 3.34. The minimum Gasteiger partial charge on any atom is -0.466 e. The maximum Gasteiger partial charge on any atom is 0.308 e. The lowest BCUT2D eigenvalue weighted by Crippen LogP contribution is -2.32. The molecule has 4 nitrogen and oxygen atoms in total. The molecule has 32 heavy (non-hydrogen) atoms. The maximum atomic E-state index is 12.7. The third-order valence-corrected chi connectivity index (χ3v) is 7.82. The highest BCUT2D eigenvalue weighted by molar-refractivity contribution is 7.12. The van der Waals surface area contributed by atoms with E-state index in [0.717, 1.165) is 49.8 Å². The van der Waals surface area contributed by atoms with Crippen LogP contribution in [0, 0.1) is 11.8 Å². The van der Waals surface area contributed by atoms with Crippen molar-refractivity contribution in [3.63, 3.8) is 0 Å². The topological polar surface area (TPSA) is 55.4 Å². The Balaban J connectivity index is 1.25. The molecule has 1 fully saturated rings. The number of nitrogens with one attached hydrogen (secondary N) is 1. The quantitative estimate of drug-likeness (QED) is 0.510. The Labute approximate surface area is 195 Å². The van der Waals surface area contributed by atoms with Gasteiger partial charge in [0.15, 0.2) is 0 Å². The van der Waals surface area contributed by atoms with Gasteiger partial charge in [-0.05, 0) is 91.9 Å². The SMILES string of the molecule is CCOC(=O)C1CCC(CNC(=O)c2cc(C3=CCC(c4ccccc4)CC3)cs2)CC1. The molecule has 5 heteroatoms. The van der Waals surface area contributed by atoms with E-state index < -0.39 is 0 Å². The van der Waals surface area contributed by atoms with Crippen LogP contribution in [0.15, 0.2) is 47.9 Å². The van der Waals surface area contributed by atoms with Crippen LogP contribution in [0.4, 0.5) is 0 Å². The van der Waals surface area contributed by atoms with Crippen molar-refractivity contribution in [2.24, 2.45) is 11.8 Å². The Morgan fingerprint density at radius 2 is 1.88 bits per heavy atom. The van der Waals surface area contributed by atoms with Crippen LogP contribution in [-0.2, 0) is 9.53 Å². The first kappa shape index (κ1) is 22.8. The average molecular weight is 452 g/mol. The van der Waals surface area contributed by atoms with E-state index in [2.05, 4.69) is 47.1 Å². The number of benzene rings is 1. The number of esters is 1. The second kappa shape index (κ2) is 11.0. The number of carbonyl (C=O) groups excluding carboxylic acids is 2. The Morgan fingerprint density at radius 3 is 2.56 bits per heavy atom. The van der Waals surface area contributed by atoms with Crippen molar-refractivity contribution in [2.75, 3.05) is 13.2 Å². The van der Waals surface area contributed by atoms with Crippen molar-refractivity contribution in [2.45, 2.75) is 57.8 Å². The highest BCUT2D eigenvalue weighted by Gasteiger charge is 2.27. The fourth-order valence-corrected chi connectivity index (χ4v) is 5.78. The predicted octanol–water partition coefficient (Wildman–Crippen LogP) is 6.20. The highest BCUT2D eigenvalue weighted by Crippen LogP contribution is 2.37. The monoisotopic (exact) mass is 451 g/mol. The van der Waals surface area contributed by atoms with Crippen LogP contribution in [0.3, 0.4) is 0 Å². The van der Waals surface area contributed by atoms with Gasteiger partial charge in [-0.3, -0.25) is 9.59 Å². The summed E-state index contributed by atoms with van der Waals surface area (Å²) < 4.78 is 5.14. The maximum absolute atomic E-state index is 12.7. The zero-order valence-electron chi connectivity index (χ0n) is 18.8. The molecule has 170 valence electrons. The van der Waals surface area contributed by atoms with Gasteiger partial charge in [-0.1, -0.05) is 36.4 Å². The lowest BCUT2D eigenvalue weighted by atomic mass is 9.82. The van der Waals surface area contributed by atoms with Gasteiger partial charge in [-0.2, -0.15) is 0 Å². The minimum absolute atomic E-state index is 0.0207. The van der Waals surface area contributed by atoms with Gasteiger partial charge in [0.2, 0.25) is 0 Å². The molecule has 0 spiro atoms. The van der Waals surface area contributed by atoms with Gasteiger partial charge >= 0.3 is 5.97 Å². The highest BCUT2D eigenvalue weighted by atomic mass is 32.1. The van der Waals surface area contributed by atoms with Crippen molar-refractivity contribution in [3.05, 3.63) is 63.9 Å². The van der Waals surface area contributed by atoms with Gasteiger partial charge in [0, 0.05) is 6.54 Å². The summed E-state index contributed by atoms with van der Waals surface area (Å²) in [6.45, 7) is 2.98. The smallest absolute Gasteiger partial charge is 0.308 e. The summed E-state index contributed by atoms with van der Waals surface area (Å²) in [5, 5.41) is 5.24. The Hall–Kier alpha value is -2.40. The normalized spacial score (nSPS) is 23.3. The summed E-state index contributed by atoms with van der Waals surface area (Å²) in [5.41, 5.74) is 3.98. The van der Waals surface area contributed by atoms with E-state index in [9.17, 15) is 9.59 Å². The molecule has 1 aromatic heterocycles. The molecule has 1 unspecified atom stereocenters. The van der Waals surface area contributed by atoms with E-state index in [1.54, 1.807) is 0 Å². The molecule has 0 saturated heterocycles. The number of ether oxygens (including phenoxy) is 1. The number of allylic oxidation sites excluding steroid dienone is 2. The predicted molar refractivity (Wildman–Crippen MR) is 130 cm³/mol. The summed E-state index contributed by atoms with van der Waals surface area (Å²) in [7, 11) is 0. The molecule has 0 bridgehead atoms. The first-order valence-electron chi connectivity index (χ1n) is 11.9. The molecule has 2 aliphatic rings. The second-order valence-corrected chi connectivity index (χ2v) is 9.90. The molecule has 1 heterocycles. The van der Waals surface area contributed by atoms with Crippen LogP contribution in [-0.4, -0.2) is 25.0 Å². The van der Waals surface area contributed by atoms with E-state index in [4.69, 9.17) is 4.74 Å². The van der Waals surface area contributed by atoms with Crippen molar-refractivity contribution in [1.82, 2.24) is 5.32 Å². The molecule has 1 saturated carbocycles. The molecular formula is C27H33NO3S. The first-order chi connectivity index (χ1) is 15.6. The number of thiophene rings is 1. The van der Waals surface area contributed by atoms with E-state index in [1.807, 2.05) is 13.0 Å². The summed E-state index contributed by atoms with van der Waals surface area (Å²) in [5.74, 6) is 1.04. The lowest BCUT2D eigenvalue weighted by Gasteiger charge is -2.27. The zero-order chi connectivity index (χ0) is 22.3. The fraction of sp³-hybridized carbons (Fsp3) is 0.481. The number of hydrogen-bond acceptors (Lipinski definition) is 4. The van der Waals surface area contributed by atoms with Crippen LogP contribution in [0.5, 0.6) is 0 Å². The molecule has 1 aromatic carbocycles. The third-order valence-electron chi connectivity index (χ3n) is 6.89. The van der Waals surface area contributed by atoms with Gasteiger partial charge in [0.1, 0.15) is 0 Å². The van der Waals surface area contributed by atoms with Gasteiger partial charge in [0.05, 0.1) is 17.4 Å². The Kier molecular flexibility index (Phi) is 7.80. The number of hydrogen-bond donors (Lipinski definition) is 1. The van der Waals surface area contributed by atoms with E-state index >= 15 is 0 Å². The third kappa shape index (κ3) is 5.69. The summed E-state index contributed by atoms with van der Waals surface area (Å²) in [6, 6.07) is 12.8. The molecule has 1 atom stereocenters. The van der Waals surface area contributed by atoms with Crippen molar-refractivity contribution < 1.29 is 14.3 Å². The molecule has 2 aliphatic carbocycles. The van der Waals surface area contributed by atoms with Crippen LogP contribution in [0.1, 0.15) is 78.6 Å². The van der Waals surface area contributed by atoms with Crippen LogP contribution < -0.4 is 5.32 Å². The second-order valence-electron chi connectivity index (χ2n) is 8.99. The lowest BCUT2D eigenvalue weighted by molar-refractivity contribution is -0.149. The Bertz CT molecular complexity index is 941. The number of carbonyl (C=O) groups is 2. The van der Waals surface area contributed by atoms with Crippen molar-refractivity contribution in [3.8, 4) is 0 Å². The van der Waals surface area contributed by atoms with Crippen LogP contribution in [0.2, 0.25) is 0 Å². The zero-order valence-corrected chi connectivity index (χ0v) is 19.7. The van der Waals surface area contributed by atoms with Crippen molar-refractivity contribution >= 4 is 28.8 Å². The molecule has 0 radical (unpaired) electrons. The summed E-state index contributed by atoms with van der Waals surface area (Å²) in [4.78, 5) is 25.4. The fourth-order valence-electron chi connectivity index (χ4n) is 4.93. The number of amides is 1. The molecule has 2 aromatic rings. The van der Waals surface area contributed by atoms with Gasteiger partial charge in [-0.25, -0.2) is 0 Å². The van der Waals surface area contributed by atoms with E-state index in [0.29, 0.717) is 25.0 Å². The summed E-state index contributed by atoms with van der Waals surface area (Å²) >= 11 is 1.53. The molecule has 0 aliphatic heterocycles. The largest absolute Gasteiger partial charge is 0.466 e. The molecule has 1 amide bonds. The van der Waals surface area contributed by atoms with Gasteiger partial charge in [0.25, 0.3) is 5.91 Å².